The molecule has 1 amide bonds. The van der Waals surface area contributed by atoms with Crippen LogP contribution in [0, 0.1) is 6.92 Å². The molecule has 0 aliphatic heterocycles. The Hall–Kier alpha value is -2.40. The normalized spacial score (nSPS) is 11.0. The molecule has 0 aliphatic carbocycles. The maximum absolute atomic E-state index is 12.8. The summed E-state index contributed by atoms with van der Waals surface area (Å²) >= 11 is 15.0. The Morgan fingerprint density at radius 1 is 1.28 bits per heavy atom. The van der Waals surface area contributed by atoms with Gasteiger partial charge in [0.15, 0.2) is 0 Å². The van der Waals surface area contributed by atoms with Gasteiger partial charge in [0.25, 0.3) is 5.91 Å². The predicted octanol–water partition coefficient (Wildman–Crippen LogP) is 4.70. The molecule has 0 saturated carbocycles. The van der Waals surface area contributed by atoms with Crippen LogP contribution in [0.1, 0.15) is 16.2 Å². The first-order chi connectivity index (χ1) is 13.9. The monoisotopic (exact) mass is 465 g/mol. The number of benzene rings is 1. The molecular formula is C17H13Cl2N7OS2. The minimum Gasteiger partial charge on any atom is -0.289 e. The third-order valence-electron chi connectivity index (χ3n) is 3.82. The van der Waals surface area contributed by atoms with E-state index in [0.29, 0.717) is 37.4 Å². The minimum absolute atomic E-state index is 0.262. The summed E-state index contributed by atoms with van der Waals surface area (Å²) in [6, 6.07) is 6.89. The second-order valence-corrected chi connectivity index (χ2v) is 8.30. The van der Waals surface area contributed by atoms with E-state index in [-0.39, 0.29) is 11.9 Å². The topological polar surface area (TPSA) is 101 Å². The molecule has 3 heterocycles. The number of hydrogen-bond acceptors (Lipinski definition) is 7. The van der Waals surface area contributed by atoms with Crippen molar-refractivity contribution < 1.29 is 4.79 Å². The summed E-state index contributed by atoms with van der Waals surface area (Å²) in [5.41, 5.74) is 2.43. The predicted molar refractivity (Wildman–Crippen MR) is 116 cm³/mol. The molecule has 0 radical (unpaired) electrons. The van der Waals surface area contributed by atoms with Crippen LogP contribution < -0.4 is 5.32 Å². The van der Waals surface area contributed by atoms with Crippen molar-refractivity contribution in [1.82, 2.24) is 29.9 Å². The number of amides is 1. The van der Waals surface area contributed by atoms with Gasteiger partial charge in [0.2, 0.25) is 16.2 Å². The number of nitrogens with zero attached hydrogens (tertiary/aromatic N) is 5. The van der Waals surface area contributed by atoms with Gasteiger partial charge in [0.05, 0.1) is 16.4 Å². The van der Waals surface area contributed by atoms with E-state index < -0.39 is 0 Å². The molecule has 0 bridgehead atoms. The molecule has 0 aliphatic rings. The lowest BCUT2D eigenvalue weighted by atomic mass is 10.2. The van der Waals surface area contributed by atoms with Crippen LogP contribution in [0.15, 0.2) is 34.8 Å². The van der Waals surface area contributed by atoms with Gasteiger partial charge in [0.1, 0.15) is 5.69 Å². The highest BCUT2D eigenvalue weighted by molar-refractivity contribution is 7.98. The molecule has 4 rings (SSSR count). The number of rotatable bonds is 5. The zero-order chi connectivity index (χ0) is 20.5. The molecule has 1 aromatic carbocycles. The highest BCUT2D eigenvalue weighted by Gasteiger charge is 2.20. The van der Waals surface area contributed by atoms with E-state index >= 15 is 0 Å². The zero-order valence-corrected chi connectivity index (χ0v) is 18.2. The Bertz CT molecular complexity index is 1200. The van der Waals surface area contributed by atoms with Crippen molar-refractivity contribution in [3.63, 3.8) is 0 Å². The van der Waals surface area contributed by atoms with Crippen molar-refractivity contribution in [3.05, 3.63) is 51.1 Å². The van der Waals surface area contributed by atoms with Crippen LogP contribution in [0.3, 0.4) is 0 Å². The summed E-state index contributed by atoms with van der Waals surface area (Å²) in [6.45, 7) is 1.80. The number of aromatic nitrogens is 6. The van der Waals surface area contributed by atoms with Gasteiger partial charge in [-0.15, -0.1) is 16.4 Å². The summed E-state index contributed by atoms with van der Waals surface area (Å²) in [4.78, 5) is 21.5. The zero-order valence-electron chi connectivity index (χ0n) is 15.1. The number of hydrogen-bond donors (Lipinski definition) is 2. The molecule has 29 heavy (non-hydrogen) atoms. The van der Waals surface area contributed by atoms with Crippen molar-refractivity contribution in [2.45, 2.75) is 12.1 Å². The summed E-state index contributed by atoms with van der Waals surface area (Å²) in [5, 5.41) is 17.7. The second kappa shape index (κ2) is 8.15. The number of carbonyl (C=O) groups is 1. The van der Waals surface area contributed by atoms with Crippen molar-refractivity contribution in [1.29, 1.82) is 0 Å². The standard InChI is InChI=1S/C17H13Cl2N7OS2/c1-8-5-13(14(27)21-15-22-16(28-2)24-23-15)26(25-8)17-20-12(7-29-17)10-4-3-9(18)6-11(10)19/h3-7H,1-2H3,(H2,21,22,23,24,27). The lowest BCUT2D eigenvalue weighted by molar-refractivity contribution is 0.101. The number of carbonyl (C=O) groups excluding carboxylic acids is 1. The Morgan fingerprint density at radius 2 is 2.10 bits per heavy atom. The molecule has 4 aromatic rings. The SMILES string of the molecule is CSc1n[nH]c(NC(=O)c2cc(C)nn2-c2nc(-c3ccc(Cl)cc3Cl)cs2)n1. The van der Waals surface area contributed by atoms with Gasteiger partial charge in [-0.2, -0.15) is 10.1 Å². The lowest BCUT2D eigenvalue weighted by Crippen LogP contribution is -2.17. The molecular weight excluding hydrogens is 453 g/mol. The smallest absolute Gasteiger partial charge is 0.276 e. The maximum Gasteiger partial charge on any atom is 0.276 e. The van der Waals surface area contributed by atoms with Crippen LogP contribution in [-0.4, -0.2) is 42.1 Å². The van der Waals surface area contributed by atoms with Gasteiger partial charge < -0.3 is 0 Å². The van der Waals surface area contributed by atoms with E-state index in [0.717, 1.165) is 5.56 Å². The quantitative estimate of drug-likeness (QED) is 0.414. The molecule has 2 N–H and O–H groups in total. The average Bonchev–Trinajstić information content (AvgIpc) is 3.41. The molecule has 0 unspecified atom stereocenters. The van der Waals surface area contributed by atoms with Gasteiger partial charge in [-0.25, -0.2) is 14.8 Å². The number of H-pyrrole nitrogens is 1. The fourth-order valence-electron chi connectivity index (χ4n) is 2.55. The first kappa shape index (κ1) is 19.9. The van der Waals surface area contributed by atoms with Gasteiger partial charge in [-0.1, -0.05) is 35.0 Å². The van der Waals surface area contributed by atoms with Crippen LogP contribution in [0.2, 0.25) is 10.0 Å². The minimum atomic E-state index is -0.379. The number of nitrogens with one attached hydrogen (secondary N) is 2. The number of thiazole rings is 1. The fourth-order valence-corrected chi connectivity index (χ4v) is 4.17. The van der Waals surface area contributed by atoms with Crippen LogP contribution in [0.5, 0.6) is 0 Å². The van der Waals surface area contributed by atoms with Gasteiger partial charge >= 0.3 is 0 Å². The van der Waals surface area contributed by atoms with Crippen LogP contribution in [0.4, 0.5) is 5.95 Å². The maximum atomic E-state index is 12.8. The van der Waals surface area contributed by atoms with Crippen LogP contribution >= 0.6 is 46.3 Å². The Labute approximate surface area is 183 Å². The largest absolute Gasteiger partial charge is 0.289 e. The number of aryl methyl sites for hydroxylation is 1. The third kappa shape index (κ3) is 4.15. The molecule has 0 atom stereocenters. The summed E-state index contributed by atoms with van der Waals surface area (Å²) < 4.78 is 1.49. The van der Waals surface area contributed by atoms with Gasteiger partial charge in [-0.3, -0.25) is 10.1 Å². The summed E-state index contributed by atoms with van der Waals surface area (Å²) in [6.07, 6.45) is 1.85. The van der Waals surface area contributed by atoms with E-state index in [9.17, 15) is 4.79 Å². The number of anilines is 1. The Morgan fingerprint density at radius 3 is 2.83 bits per heavy atom. The third-order valence-corrected chi connectivity index (χ3v) is 5.74. The molecule has 3 aromatic heterocycles. The molecule has 0 spiro atoms. The van der Waals surface area contributed by atoms with E-state index in [4.69, 9.17) is 23.2 Å². The highest BCUT2D eigenvalue weighted by Crippen LogP contribution is 2.32. The van der Waals surface area contributed by atoms with E-state index in [1.165, 1.54) is 27.8 Å². The lowest BCUT2D eigenvalue weighted by Gasteiger charge is -2.04. The molecule has 0 fully saturated rings. The van der Waals surface area contributed by atoms with E-state index in [1.807, 2.05) is 11.6 Å². The van der Waals surface area contributed by atoms with E-state index in [2.05, 4.69) is 30.6 Å². The first-order valence-electron chi connectivity index (χ1n) is 8.20. The average molecular weight is 466 g/mol. The van der Waals surface area contributed by atoms with Gasteiger partial charge in [-0.05, 0) is 37.4 Å². The summed E-state index contributed by atoms with van der Waals surface area (Å²) in [7, 11) is 0. The number of thioether (sulfide) groups is 1. The van der Waals surface area contributed by atoms with Crippen molar-refractivity contribution in [3.8, 4) is 16.4 Å². The van der Waals surface area contributed by atoms with Crippen molar-refractivity contribution >= 4 is 58.2 Å². The molecule has 12 heteroatoms. The number of halogens is 2. The molecule has 148 valence electrons. The first-order valence-corrected chi connectivity index (χ1v) is 11.1. The Kier molecular flexibility index (Phi) is 5.59. The highest BCUT2D eigenvalue weighted by atomic mass is 35.5. The number of aromatic amines is 1. The molecule has 8 nitrogen and oxygen atoms in total. The van der Waals surface area contributed by atoms with Crippen LogP contribution in [-0.2, 0) is 0 Å². The fraction of sp³-hybridized carbons (Fsp3) is 0.118. The summed E-state index contributed by atoms with van der Waals surface area (Å²) in [5.74, 6) is -0.117. The van der Waals surface area contributed by atoms with Crippen molar-refractivity contribution in [2.24, 2.45) is 0 Å². The van der Waals surface area contributed by atoms with Crippen LogP contribution in [0.25, 0.3) is 16.4 Å². The van der Waals surface area contributed by atoms with Gasteiger partial charge in [0, 0.05) is 16.0 Å². The van der Waals surface area contributed by atoms with Crippen molar-refractivity contribution in [2.75, 3.05) is 11.6 Å². The van der Waals surface area contributed by atoms with E-state index in [1.54, 1.807) is 31.2 Å². The second-order valence-electron chi connectivity index (χ2n) is 5.85. The Balaban J connectivity index is 1.64. The molecule has 0 saturated heterocycles.